The third-order valence-electron chi connectivity index (χ3n) is 4.67. The lowest BCUT2D eigenvalue weighted by Gasteiger charge is -2.33. The first kappa shape index (κ1) is 14.3. The van der Waals surface area contributed by atoms with Crippen LogP contribution in [0.25, 0.3) is 0 Å². The van der Waals surface area contributed by atoms with Crippen LogP contribution >= 0.6 is 0 Å². The Kier molecular flexibility index (Phi) is 4.81. The SMILES string of the molecule is CCCC1CCC(C(N)c2c(C)ccnc2N)CC1. The molecule has 19 heavy (non-hydrogen) atoms. The van der Waals surface area contributed by atoms with Crippen molar-refractivity contribution in [3.8, 4) is 0 Å². The van der Waals surface area contributed by atoms with Gasteiger partial charge in [0.05, 0.1) is 0 Å². The molecule has 0 radical (unpaired) electrons. The average molecular weight is 261 g/mol. The molecule has 1 atom stereocenters. The first-order valence-corrected chi connectivity index (χ1v) is 7.60. The maximum Gasteiger partial charge on any atom is 0.128 e. The highest BCUT2D eigenvalue weighted by Crippen LogP contribution is 2.39. The largest absolute Gasteiger partial charge is 0.383 e. The molecule has 0 amide bonds. The van der Waals surface area contributed by atoms with E-state index in [0.29, 0.717) is 11.7 Å². The number of nitrogens with zero attached hydrogens (tertiary/aromatic N) is 1. The van der Waals surface area contributed by atoms with E-state index in [1.165, 1.54) is 44.1 Å². The average Bonchev–Trinajstić information content (AvgIpc) is 2.39. The van der Waals surface area contributed by atoms with Crippen LogP contribution in [-0.4, -0.2) is 4.98 Å². The summed E-state index contributed by atoms with van der Waals surface area (Å²) in [7, 11) is 0. The van der Waals surface area contributed by atoms with Gasteiger partial charge < -0.3 is 11.5 Å². The Morgan fingerprint density at radius 2 is 2.00 bits per heavy atom. The number of hydrogen-bond acceptors (Lipinski definition) is 3. The van der Waals surface area contributed by atoms with E-state index < -0.39 is 0 Å². The van der Waals surface area contributed by atoms with Crippen molar-refractivity contribution in [2.45, 2.75) is 58.4 Å². The van der Waals surface area contributed by atoms with Crippen LogP contribution in [0.3, 0.4) is 0 Å². The zero-order valence-electron chi connectivity index (χ0n) is 12.2. The van der Waals surface area contributed by atoms with E-state index in [1.54, 1.807) is 6.20 Å². The summed E-state index contributed by atoms with van der Waals surface area (Å²) >= 11 is 0. The molecule has 1 unspecified atom stereocenters. The molecular weight excluding hydrogens is 234 g/mol. The Balaban J connectivity index is 2.03. The molecule has 0 saturated heterocycles. The van der Waals surface area contributed by atoms with Gasteiger partial charge in [-0.3, -0.25) is 0 Å². The second-order valence-electron chi connectivity index (χ2n) is 6.02. The molecule has 3 nitrogen and oxygen atoms in total. The molecule has 1 aliphatic carbocycles. The van der Waals surface area contributed by atoms with Crippen LogP contribution in [0.4, 0.5) is 5.82 Å². The molecule has 1 aromatic heterocycles. The molecule has 4 N–H and O–H groups in total. The summed E-state index contributed by atoms with van der Waals surface area (Å²) in [6.07, 6.45) is 9.56. The van der Waals surface area contributed by atoms with Crippen LogP contribution in [0.1, 0.15) is 62.6 Å². The number of anilines is 1. The maximum atomic E-state index is 6.47. The van der Waals surface area contributed by atoms with E-state index in [0.717, 1.165) is 11.5 Å². The molecule has 1 aromatic rings. The quantitative estimate of drug-likeness (QED) is 0.870. The minimum atomic E-state index is 0.0521. The van der Waals surface area contributed by atoms with Crippen molar-refractivity contribution in [3.63, 3.8) is 0 Å². The highest BCUT2D eigenvalue weighted by Gasteiger charge is 2.28. The summed E-state index contributed by atoms with van der Waals surface area (Å²) < 4.78 is 0. The predicted octanol–water partition coefficient (Wildman–Crippen LogP) is 3.58. The fourth-order valence-electron chi connectivity index (χ4n) is 3.50. The van der Waals surface area contributed by atoms with Crippen molar-refractivity contribution >= 4 is 5.82 Å². The van der Waals surface area contributed by atoms with Gasteiger partial charge in [-0.2, -0.15) is 0 Å². The summed E-state index contributed by atoms with van der Waals surface area (Å²) in [4.78, 5) is 4.20. The second-order valence-corrected chi connectivity index (χ2v) is 6.02. The third kappa shape index (κ3) is 3.27. The van der Waals surface area contributed by atoms with Crippen molar-refractivity contribution < 1.29 is 0 Å². The van der Waals surface area contributed by atoms with Gasteiger partial charge in [-0.15, -0.1) is 0 Å². The van der Waals surface area contributed by atoms with Gasteiger partial charge in [0.2, 0.25) is 0 Å². The molecule has 0 aromatic carbocycles. The topological polar surface area (TPSA) is 64.9 Å². The van der Waals surface area contributed by atoms with Gasteiger partial charge in [-0.25, -0.2) is 4.98 Å². The number of rotatable bonds is 4. The molecular formula is C16H27N3. The summed E-state index contributed by atoms with van der Waals surface area (Å²) in [5.41, 5.74) is 14.7. The second kappa shape index (κ2) is 6.38. The Bertz CT molecular complexity index is 388. The minimum Gasteiger partial charge on any atom is -0.383 e. The molecule has 3 heteroatoms. The number of aromatic nitrogens is 1. The first-order chi connectivity index (χ1) is 9.13. The van der Waals surface area contributed by atoms with Gasteiger partial charge >= 0.3 is 0 Å². The smallest absolute Gasteiger partial charge is 0.128 e. The summed E-state index contributed by atoms with van der Waals surface area (Å²) in [5.74, 6) is 2.10. The predicted molar refractivity (Wildman–Crippen MR) is 80.7 cm³/mol. The monoisotopic (exact) mass is 261 g/mol. The fourth-order valence-corrected chi connectivity index (χ4v) is 3.50. The van der Waals surface area contributed by atoms with E-state index in [-0.39, 0.29) is 6.04 Å². The summed E-state index contributed by atoms with van der Waals surface area (Å²) in [6.45, 7) is 4.35. The van der Waals surface area contributed by atoms with Gasteiger partial charge in [-0.1, -0.05) is 32.6 Å². The number of aryl methyl sites for hydroxylation is 1. The van der Waals surface area contributed by atoms with Crippen LogP contribution in [0, 0.1) is 18.8 Å². The Hall–Kier alpha value is -1.09. The summed E-state index contributed by atoms with van der Waals surface area (Å²) in [6, 6.07) is 2.06. The van der Waals surface area contributed by atoms with Crippen LogP contribution in [-0.2, 0) is 0 Å². The van der Waals surface area contributed by atoms with E-state index in [1.807, 2.05) is 6.07 Å². The molecule has 0 spiro atoms. The van der Waals surface area contributed by atoms with Gasteiger partial charge in [0, 0.05) is 17.8 Å². The zero-order valence-corrected chi connectivity index (χ0v) is 12.2. The maximum absolute atomic E-state index is 6.47. The van der Waals surface area contributed by atoms with Gasteiger partial charge in [0.15, 0.2) is 0 Å². The summed E-state index contributed by atoms with van der Waals surface area (Å²) in [5, 5.41) is 0. The van der Waals surface area contributed by atoms with Crippen molar-refractivity contribution in [1.82, 2.24) is 4.98 Å². The third-order valence-corrected chi connectivity index (χ3v) is 4.67. The van der Waals surface area contributed by atoms with Crippen molar-refractivity contribution in [2.24, 2.45) is 17.6 Å². The van der Waals surface area contributed by atoms with Gasteiger partial charge in [-0.05, 0) is 43.2 Å². The van der Waals surface area contributed by atoms with E-state index in [2.05, 4.69) is 18.8 Å². The molecule has 0 aliphatic heterocycles. The number of nitrogens with two attached hydrogens (primary N) is 2. The number of nitrogen functional groups attached to an aromatic ring is 1. The lowest BCUT2D eigenvalue weighted by molar-refractivity contribution is 0.234. The molecule has 1 aliphatic rings. The Labute approximate surface area is 116 Å². The first-order valence-electron chi connectivity index (χ1n) is 7.60. The van der Waals surface area contributed by atoms with Crippen LogP contribution in [0.2, 0.25) is 0 Å². The number of pyridine rings is 1. The van der Waals surface area contributed by atoms with E-state index in [4.69, 9.17) is 11.5 Å². The van der Waals surface area contributed by atoms with Gasteiger partial charge in [0.1, 0.15) is 5.82 Å². The highest BCUT2D eigenvalue weighted by molar-refractivity contribution is 5.46. The standard InChI is InChI=1S/C16H27N3/c1-3-4-12-5-7-13(8-6-12)15(17)14-11(2)9-10-19-16(14)18/h9-10,12-13,15H,3-8,17H2,1-2H3,(H2,18,19). The molecule has 1 saturated carbocycles. The van der Waals surface area contributed by atoms with Crippen molar-refractivity contribution in [1.29, 1.82) is 0 Å². The van der Waals surface area contributed by atoms with Crippen LogP contribution < -0.4 is 11.5 Å². The van der Waals surface area contributed by atoms with Crippen LogP contribution in [0.15, 0.2) is 12.3 Å². The molecule has 2 rings (SSSR count). The van der Waals surface area contributed by atoms with Crippen molar-refractivity contribution in [3.05, 3.63) is 23.4 Å². The van der Waals surface area contributed by atoms with Gasteiger partial charge in [0.25, 0.3) is 0 Å². The Morgan fingerprint density at radius 3 is 2.58 bits per heavy atom. The normalized spacial score (nSPS) is 25.2. The molecule has 106 valence electrons. The lowest BCUT2D eigenvalue weighted by Crippen LogP contribution is -2.27. The van der Waals surface area contributed by atoms with E-state index in [9.17, 15) is 0 Å². The minimum absolute atomic E-state index is 0.0521. The van der Waals surface area contributed by atoms with E-state index >= 15 is 0 Å². The molecule has 1 fully saturated rings. The van der Waals surface area contributed by atoms with Crippen molar-refractivity contribution in [2.75, 3.05) is 5.73 Å². The molecule has 1 heterocycles. The lowest BCUT2D eigenvalue weighted by atomic mass is 9.75. The van der Waals surface area contributed by atoms with Crippen LogP contribution in [0.5, 0.6) is 0 Å². The Morgan fingerprint density at radius 1 is 1.32 bits per heavy atom. The molecule has 0 bridgehead atoms. The highest BCUT2D eigenvalue weighted by atomic mass is 14.8. The zero-order chi connectivity index (χ0) is 13.8. The number of hydrogen-bond donors (Lipinski definition) is 2. The fraction of sp³-hybridized carbons (Fsp3) is 0.688.